The molecule has 4 aromatic rings. The maximum Gasteiger partial charge on any atom is 0.328 e. The molecule has 0 fully saturated rings. The zero-order valence-corrected chi connectivity index (χ0v) is 20.8. The summed E-state index contributed by atoms with van der Waals surface area (Å²) in [5.41, 5.74) is 4.57. The van der Waals surface area contributed by atoms with Crippen molar-refractivity contribution in [2.75, 3.05) is 7.11 Å². The number of benzene rings is 3. The van der Waals surface area contributed by atoms with Crippen molar-refractivity contribution in [2.45, 2.75) is 32.2 Å². The Hall–Kier alpha value is -4.15. The van der Waals surface area contributed by atoms with Crippen LogP contribution in [-0.4, -0.2) is 30.0 Å². The van der Waals surface area contributed by atoms with Crippen molar-refractivity contribution in [3.05, 3.63) is 87.9 Å². The predicted octanol–water partition coefficient (Wildman–Crippen LogP) is 5.66. The normalized spacial score (nSPS) is 11.8. The number of oxazole rings is 1. The highest BCUT2D eigenvalue weighted by atomic mass is 35.5. The summed E-state index contributed by atoms with van der Waals surface area (Å²) in [7, 11) is 1.28. The lowest BCUT2D eigenvalue weighted by atomic mass is 10.00. The molecule has 0 saturated heterocycles. The first-order chi connectivity index (χ1) is 17.3. The molecule has 0 aliphatic rings. The number of esters is 1. The van der Waals surface area contributed by atoms with Gasteiger partial charge in [-0.05, 0) is 60.0 Å². The molecular formula is C28H24ClN3O4. The number of halogens is 1. The molecule has 1 N–H and O–H groups in total. The Labute approximate surface area is 213 Å². The minimum Gasteiger partial charge on any atom is -0.467 e. The van der Waals surface area contributed by atoms with Gasteiger partial charge in [0.25, 0.3) is 5.91 Å². The van der Waals surface area contributed by atoms with Gasteiger partial charge in [-0.15, -0.1) is 0 Å². The Balaban J connectivity index is 1.55. The van der Waals surface area contributed by atoms with E-state index in [1.807, 2.05) is 19.9 Å². The van der Waals surface area contributed by atoms with Crippen molar-refractivity contribution >= 4 is 34.6 Å². The van der Waals surface area contributed by atoms with Crippen LogP contribution in [0.25, 0.3) is 22.6 Å². The maximum absolute atomic E-state index is 12.9. The molecule has 0 bridgehead atoms. The molecule has 0 unspecified atom stereocenters. The van der Waals surface area contributed by atoms with Crippen LogP contribution in [0.15, 0.2) is 65.1 Å². The smallest absolute Gasteiger partial charge is 0.328 e. The van der Waals surface area contributed by atoms with Crippen LogP contribution in [0.1, 0.15) is 46.8 Å². The third-order valence-corrected chi connectivity index (χ3v) is 6.06. The molecule has 1 amide bonds. The largest absolute Gasteiger partial charge is 0.467 e. The van der Waals surface area contributed by atoms with E-state index >= 15 is 0 Å². The second-order valence-corrected chi connectivity index (χ2v) is 9.09. The predicted molar refractivity (Wildman–Crippen MR) is 137 cm³/mol. The Bertz CT molecular complexity index is 1450. The maximum atomic E-state index is 12.9. The van der Waals surface area contributed by atoms with Crippen molar-refractivity contribution < 1.29 is 18.7 Å². The average Bonchev–Trinajstić information content (AvgIpc) is 3.32. The highest BCUT2D eigenvalue weighted by molar-refractivity contribution is 6.30. The Kier molecular flexibility index (Phi) is 7.37. The van der Waals surface area contributed by atoms with Crippen molar-refractivity contribution in [1.29, 1.82) is 5.26 Å². The summed E-state index contributed by atoms with van der Waals surface area (Å²) < 4.78 is 10.9. The molecule has 3 aromatic carbocycles. The number of aromatic nitrogens is 1. The molecule has 0 aliphatic heterocycles. The van der Waals surface area contributed by atoms with E-state index in [-0.39, 0.29) is 12.3 Å². The van der Waals surface area contributed by atoms with Crippen molar-refractivity contribution in [3.63, 3.8) is 0 Å². The van der Waals surface area contributed by atoms with Crippen LogP contribution in [-0.2, 0) is 16.0 Å². The SMILES string of the molecule is COC(=O)[C@H](Cc1ccc(Cl)cc1)NC(=O)c1ccc(-c2nc3cc(C#N)cc(C(C)C)c3o2)cc1. The van der Waals surface area contributed by atoms with Crippen LogP contribution in [0, 0.1) is 11.3 Å². The molecule has 1 atom stereocenters. The standard InChI is InChI=1S/C28H24ClN3O4/c1-16(2)22-12-18(15-30)14-23-25(22)36-27(32-23)20-8-6-19(7-9-20)26(33)31-24(28(34)35-3)13-17-4-10-21(29)11-5-17/h4-12,14,16,24H,13H2,1-3H3,(H,31,33)/t24-/m0/s1. The van der Waals surface area contributed by atoms with Crippen molar-refractivity contribution in [1.82, 2.24) is 10.3 Å². The molecule has 0 saturated carbocycles. The molecule has 36 heavy (non-hydrogen) atoms. The van der Waals surface area contributed by atoms with Gasteiger partial charge in [-0.25, -0.2) is 9.78 Å². The molecule has 0 spiro atoms. The highest BCUT2D eigenvalue weighted by Gasteiger charge is 2.23. The molecule has 1 aromatic heterocycles. The van der Waals surface area contributed by atoms with Crippen LogP contribution in [0.4, 0.5) is 0 Å². The fourth-order valence-electron chi connectivity index (χ4n) is 3.87. The van der Waals surface area contributed by atoms with E-state index in [0.717, 1.165) is 11.1 Å². The van der Waals surface area contributed by atoms with Crippen LogP contribution >= 0.6 is 11.6 Å². The Morgan fingerprint density at radius 2 is 1.81 bits per heavy atom. The van der Waals surface area contributed by atoms with Gasteiger partial charge in [0.05, 0.1) is 18.7 Å². The van der Waals surface area contributed by atoms with E-state index in [4.69, 9.17) is 20.8 Å². The van der Waals surface area contributed by atoms with Gasteiger partial charge in [-0.2, -0.15) is 5.26 Å². The average molecular weight is 502 g/mol. The summed E-state index contributed by atoms with van der Waals surface area (Å²) in [5.74, 6) is -0.407. The number of nitriles is 1. The number of ether oxygens (including phenoxy) is 1. The number of methoxy groups -OCH3 is 1. The molecule has 182 valence electrons. The number of rotatable bonds is 7. The molecule has 4 rings (SSSR count). The number of carbonyl (C=O) groups is 2. The zero-order chi connectivity index (χ0) is 25.8. The lowest BCUT2D eigenvalue weighted by Gasteiger charge is -2.17. The number of hydrogen-bond acceptors (Lipinski definition) is 6. The Morgan fingerprint density at radius 3 is 2.42 bits per heavy atom. The molecular weight excluding hydrogens is 478 g/mol. The van der Waals surface area contributed by atoms with E-state index in [9.17, 15) is 14.9 Å². The van der Waals surface area contributed by atoms with E-state index in [1.54, 1.807) is 54.6 Å². The first kappa shape index (κ1) is 25.0. The number of nitrogens with zero attached hydrogens (tertiary/aromatic N) is 2. The number of hydrogen-bond donors (Lipinski definition) is 1. The van der Waals surface area contributed by atoms with Gasteiger partial charge in [-0.1, -0.05) is 37.6 Å². The fourth-order valence-corrected chi connectivity index (χ4v) is 4.00. The van der Waals surface area contributed by atoms with Gasteiger partial charge in [0.15, 0.2) is 5.58 Å². The van der Waals surface area contributed by atoms with Gasteiger partial charge >= 0.3 is 5.97 Å². The van der Waals surface area contributed by atoms with E-state index in [1.165, 1.54) is 7.11 Å². The first-order valence-electron chi connectivity index (χ1n) is 11.4. The van der Waals surface area contributed by atoms with Gasteiger partial charge < -0.3 is 14.5 Å². The second-order valence-electron chi connectivity index (χ2n) is 8.66. The molecule has 0 radical (unpaired) electrons. The topological polar surface area (TPSA) is 105 Å². The van der Waals surface area contributed by atoms with Crippen LogP contribution < -0.4 is 5.32 Å². The summed E-state index contributed by atoms with van der Waals surface area (Å²) >= 11 is 5.93. The van der Waals surface area contributed by atoms with Crippen LogP contribution in [0.2, 0.25) is 5.02 Å². The van der Waals surface area contributed by atoms with Crippen LogP contribution in [0.3, 0.4) is 0 Å². The number of nitrogens with one attached hydrogen (secondary N) is 1. The fraction of sp³-hybridized carbons (Fsp3) is 0.214. The summed E-state index contributed by atoms with van der Waals surface area (Å²) in [6.45, 7) is 4.06. The van der Waals surface area contributed by atoms with E-state index in [2.05, 4.69) is 16.4 Å². The lowest BCUT2D eigenvalue weighted by Crippen LogP contribution is -2.43. The summed E-state index contributed by atoms with van der Waals surface area (Å²) in [6, 6.07) is 18.6. The van der Waals surface area contributed by atoms with E-state index in [0.29, 0.717) is 38.7 Å². The molecule has 1 heterocycles. The minimum absolute atomic E-state index is 0.156. The molecule has 0 aliphatic carbocycles. The quantitative estimate of drug-likeness (QED) is 0.328. The number of fused-ring (bicyclic) bond motifs is 1. The number of amides is 1. The van der Waals surface area contributed by atoms with Crippen LogP contribution in [0.5, 0.6) is 0 Å². The first-order valence-corrected chi connectivity index (χ1v) is 11.7. The lowest BCUT2D eigenvalue weighted by molar-refractivity contribution is -0.142. The molecule has 8 heteroatoms. The monoisotopic (exact) mass is 501 g/mol. The zero-order valence-electron chi connectivity index (χ0n) is 20.0. The van der Waals surface area contributed by atoms with Crippen molar-refractivity contribution in [2.24, 2.45) is 0 Å². The van der Waals surface area contributed by atoms with Gasteiger partial charge in [0.1, 0.15) is 11.6 Å². The van der Waals surface area contributed by atoms with E-state index < -0.39 is 17.9 Å². The summed E-state index contributed by atoms with van der Waals surface area (Å²) in [5, 5.41) is 12.7. The number of carbonyl (C=O) groups excluding carboxylic acids is 2. The third-order valence-electron chi connectivity index (χ3n) is 5.81. The highest BCUT2D eigenvalue weighted by Crippen LogP contribution is 2.31. The van der Waals surface area contributed by atoms with Gasteiger partial charge in [0, 0.05) is 28.1 Å². The minimum atomic E-state index is -0.857. The summed E-state index contributed by atoms with van der Waals surface area (Å²) in [6.07, 6.45) is 0.263. The second kappa shape index (κ2) is 10.6. The van der Waals surface area contributed by atoms with Gasteiger partial charge in [-0.3, -0.25) is 4.79 Å². The van der Waals surface area contributed by atoms with Crippen molar-refractivity contribution in [3.8, 4) is 17.5 Å². The third kappa shape index (κ3) is 5.40. The Morgan fingerprint density at radius 1 is 1.11 bits per heavy atom. The molecule has 7 nitrogen and oxygen atoms in total. The summed E-state index contributed by atoms with van der Waals surface area (Å²) in [4.78, 5) is 29.7. The van der Waals surface area contributed by atoms with Gasteiger partial charge in [0.2, 0.25) is 5.89 Å².